The fourth-order valence-corrected chi connectivity index (χ4v) is 2.58. The zero-order valence-electron chi connectivity index (χ0n) is 12.3. The maximum absolute atomic E-state index is 5.47. The Morgan fingerprint density at radius 3 is 2.72 bits per heavy atom. The lowest BCUT2D eigenvalue weighted by molar-refractivity contribution is 0.0656. The molecule has 1 aliphatic rings. The van der Waals surface area contributed by atoms with Gasteiger partial charge in [0.05, 0.1) is 13.2 Å². The molecular weight excluding hydrogens is 228 g/mol. The standard InChI is InChI=1S/C14H30N2O2/c1-13-12-14(15-2)6-8-16(13)7-4-5-9-18-11-10-17-3/h13-15H,4-12H2,1-3H3. The Morgan fingerprint density at radius 1 is 1.22 bits per heavy atom. The van der Waals surface area contributed by atoms with E-state index in [9.17, 15) is 0 Å². The molecule has 0 aromatic carbocycles. The zero-order valence-corrected chi connectivity index (χ0v) is 12.3. The Balaban J connectivity index is 1.99. The summed E-state index contributed by atoms with van der Waals surface area (Å²) < 4.78 is 10.4. The topological polar surface area (TPSA) is 33.7 Å². The number of methoxy groups -OCH3 is 1. The van der Waals surface area contributed by atoms with Crippen LogP contribution in [0.2, 0.25) is 0 Å². The quantitative estimate of drug-likeness (QED) is 0.636. The molecule has 0 amide bonds. The average Bonchev–Trinajstić information content (AvgIpc) is 2.39. The van der Waals surface area contributed by atoms with Gasteiger partial charge in [0, 0.05) is 25.8 Å². The molecule has 4 nitrogen and oxygen atoms in total. The third-order valence-corrected chi connectivity index (χ3v) is 3.84. The van der Waals surface area contributed by atoms with Crippen LogP contribution >= 0.6 is 0 Å². The van der Waals surface area contributed by atoms with E-state index in [0.717, 1.165) is 19.6 Å². The SMILES string of the molecule is CNC1CCN(CCCCOCCOC)C(C)C1. The van der Waals surface area contributed by atoms with Crippen molar-refractivity contribution in [3.63, 3.8) is 0 Å². The summed E-state index contributed by atoms with van der Waals surface area (Å²) in [7, 11) is 3.78. The van der Waals surface area contributed by atoms with Crippen molar-refractivity contribution in [3.05, 3.63) is 0 Å². The highest BCUT2D eigenvalue weighted by atomic mass is 16.5. The first-order valence-electron chi connectivity index (χ1n) is 7.26. The number of nitrogens with one attached hydrogen (secondary N) is 1. The van der Waals surface area contributed by atoms with Gasteiger partial charge >= 0.3 is 0 Å². The van der Waals surface area contributed by atoms with Gasteiger partial charge in [0.2, 0.25) is 0 Å². The molecule has 1 saturated heterocycles. The summed E-state index contributed by atoms with van der Waals surface area (Å²) in [5.74, 6) is 0. The summed E-state index contributed by atoms with van der Waals surface area (Å²) in [5.41, 5.74) is 0. The van der Waals surface area contributed by atoms with Crippen LogP contribution in [0.15, 0.2) is 0 Å². The summed E-state index contributed by atoms with van der Waals surface area (Å²) in [6.07, 6.45) is 4.95. The number of piperidine rings is 1. The van der Waals surface area contributed by atoms with E-state index in [1.807, 2.05) is 0 Å². The predicted molar refractivity (Wildman–Crippen MR) is 75.0 cm³/mol. The van der Waals surface area contributed by atoms with Gasteiger partial charge in [-0.1, -0.05) is 0 Å². The second kappa shape index (κ2) is 9.73. The lowest BCUT2D eigenvalue weighted by Crippen LogP contribution is -2.46. The molecule has 1 fully saturated rings. The monoisotopic (exact) mass is 258 g/mol. The fourth-order valence-electron chi connectivity index (χ4n) is 2.58. The van der Waals surface area contributed by atoms with E-state index in [1.54, 1.807) is 7.11 Å². The van der Waals surface area contributed by atoms with Crippen LogP contribution in [0.25, 0.3) is 0 Å². The number of unbranched alkanes of at least 4 members (excludes halogenated alkanes) is 1. The van der Waals surface area contributed by atoms with E-state index in [1.165, 1.54) is 32.4 Å². The Labute approximate surface area is 112 Å². The summed E-state index contributed by atoms with van der Waals surface area (Å²) in [5, 5.41) is 3.39. The molecule has 2 atom stereocenters. The van der Waals surface area contributed by atoms with Gasteiger partial charge in [-0.3, -0.25) is 0 Å². The van der Waals surface area contributed by atoms with Gasteiger partial charge in [-0.05, 0) is 52.7 Å². The average molecular weight is 258 g/mol. The van der Waals surface area contributed by atoms with E-state index in [-0.39, 0.29) is 0 Å². The molecule has 0 bridgehead atoms. The zero-order chi connectivity index (χ0) is 13.2. The van der Waals surface area contributed by atoms with Crippen molar-refractivity contribution in [2.24, 2.45) is 0 Å². The third kappa shape index (κ3) is 6.14. The third-order valence-electron chi connectivity index (χ3n) is 3.84. The van der Waals surface area contributed by atoms with E-state index in [4.69, 9.17) is 9.47 Å². The molecule has 4 heteroatoms. The van der Waals surface area contributed by atoms with Gasteiger partial charge in [0.15, 0.2) is 0 Å². The van der Waals surface area contributed by atoms with Crippen molar-refractivity contribution in [1.82, 2.24) is 10.2 Å². The highest BCUT2D eigenvalue weighted by Gasteiger charge is 2.23. The lowest BCUT2D eigenvalue weighted by atomic mass is 9.98. The molecular formula is C14H30N2O2. The highest BCUT2D eigenvalue weighted by Crippen LogP contribution is 2.17. The number of nitrogens with zero attached hydrogens (tertiary/aromatic N) is 1. The van der Waals surface area contributed by atoms with Crippen molar-refractivity contribution in [2.45, 2.75) is 44.7 Å². The molecule has 0 spiro atoms. The molecule has 1 aliphatic heterocycles. The van der Waals surface area contributed by atoms with Crippen molar-refractivity contribution in [1.29, 1.82) is 0 Å². The molecule has 2 unspecified atom stereocenters. The molecule has 0 aromatic heterocycles. The minimum Gasteiger partial charge on any atom is -0.382 e. The smallest absolute Gasteiger partial charge is 0.0700 e. The van der Waals surface area contributed by atoms with E-state index in [0.29, 0.717) is 18.7 Å². The maximum atomic E-state index is 5.47. The Bertz CT molecular complexity index is 202. The van der Waals surface area contributed by atoms with Gasteiger partial charge in [-0.2, -0.15) is 0 Å². The van der Waals surface area contributed by atoms with Crippen LogP contribution in [-0.2, 0) is 9.47 Å². The Morgan fingerprint density at radius 2 is 2.06 bits per heavy atom. The largest absolute Gasteiger partial charge is 0.382 e. The van der Waals surface area contributed by atoms with Crippen molar-refractivity contribution in [3.8, 4) is 0 Å². The summed E-state index contributed by atoms with van der Waals surface area (Å²) in [4.78, 5) is 2.61. The van der Waals surface area contributed by atoms with Gasteiger partial charge in [-0.25, -0.2) is 0 Å². The van der Waals surface area contributed by atoms with Crippen molar-refractivity contribution < 1.29 is 9.47 Å². The molecule has 108 valence electrons. The number of ether oxygens (including phenoxy) is 2. The number of hydrogen-bond donors (Lipinski definition) is 1. The second-order valence-electron chi connectivity index (χ2n) is 5.21. The van der Waals surface area contributed by atoms with E-state index in [2.05, 4.69) is 24.2 Å². The summed E-state index contributed by atoms with van der Waals surface area (Å²) in [6, 6.07) is 1.43. The van der Waals surface area contributed by atoms with Crippen LogP contribution in [0.3, 0.4) is 0 Å². The van der Waals surface area contributed by atoms with Crippen LogP contribution in [0.1, 0.15) is 32.6 Å². The highest BCUT2D eigenvalue weighted by molar-refractivity contribution is 4.81. The molecule has 0 aliphatic carbocycles. The van der Waals surface area contributed by atoms with E-state index < -0.39 is 0 Å². The van der Waals surface area contributed by atoms with E-state index >= 15 is 0 Å². The molecule has 1 heterocycles. The van der Waals surface area contributed by atoms with Crippen LogP contribution in [0.4, 0.5) is 0 Å². The molecule has 0 radical (unpaired) electrons. The molecule has 0 aromatic rings. The molecule has 1 N–H and O–H groups in total. The first-order chi connectivity index (χ1) is 8.77. The second-order valence-corrected chi connectivity index (χ2v) is 5.21. The molecule has 0 saturated carbocycles. The number of likely N-dealkylation sites (tertiary alicyclic amines) is 1. The van der Waals surface area contributed by atoms with Crippen molar-refractivity contribution in [2.75, 3.05) is 47.1 Å². The van der Waals surface area contributed by atoms with Crippen LogP contribution < -0.4 is 5.32 Å². The van der Waals surface area contributed by atoms with Crippen LogP contribution in [0.5, 0.6) is 0 Å². The van der Waals surface area contributed by atoms with Gasteiger partial charge < -0.3 is 19.7 Å². The summed E-state index contributed by atoms with van der Waals surface area (Å²) in [6.45, 7) is 7.08. The Hall–Kier alpha value is -0.160. The van der Waals surface area contributed by atoms with Crippen LogP contribution in [-0.4, -0.2) is 64.1 Å². The predicted octanol–water partition coefficient (Wildman–Crippen LogP) is 1.50. The van der Waals surface area contributed by atoms with Crippen molar-refractivity contribution >= 4 is 0 Å². The normalized spacial score (nSPS) is 25.5. The summed E-state index contributed by atoms with van der Waals surface area (Å²) >= 11 is 0. The fraction of sp³-hybridized carbons (Fsp3) is 1.00. The van der Waals surface area contributed by atoms with Gasteiger partial charge in [-0.15, -0.1) is 0 Å². The van der Waals surface area contributed by atoms with Gasteiger partial charge in [0.1, 0.15) is 0 Å². The minimum atomic E-state index is 0.703. The first kappa shape index (κ1) is 15.9. The maximum Gasteiger partial charge on any atom is 0.0700 e. The first-order valence-corrected chi connectivity index (χ1v) is 7.26. The van der Waals surface area contributed by atoms with Gasteiger partial charge in [0.25, 0.3) is 0 Å². The number of rotatable bonds is 9. The molecule has 18 heavy (non-hydrogen) atoms. The minimum absolute atomic E-state index is 0.703. The van der Waals surface area contributed by atoms with Crippen LogP contribution in [0, 0.1) is 0 Å². The Kier molecular flexibility index (Phi) is 8.59. The lowest BCUT2D eigenvalue weighted by Gasteiger charge is -2.37. The molecule has 1 rings (SSSR count). The number of hydrogen-bond acceptors (Lipinski definition) is 4.